The number of carbonyl (C=O) groups excluding carboxylic acids is 1. The summed E-state index contributed by atoms with van der Waals surface area (Å²) >= 11 is 1.58. The van der Waals surface area contributed by atoms with Gasteiger partial charge in [0.15, 0.2) is 5.13 Å². The Hall–Kier alpha value is -1.95. The summed E-state index contributed by atoms with van der Waals surface area (Å²) in [6.07, 6.45) is 3.99. The summed E-state index contributed by atoms with van der Waals surface area (Å²) in [4.78, 5) is 21.3. The van der Waals surface area contributed by atoms with Crippen molar-refractivity contribution < 1.29 is 4.79 Å². The third kappa shape index (κ3) is 1.84. The maximum Gasteiger partial charge on any atom is 0.226 e. The number of nitrogens with one attached hydrogen (secondary N) is 2. The molecular weight excluding hydrogens is 248 g/mol. The highest BCUT2D eigenvalue weighted by Gasteiger charge is 2.30. The Morgan fingerprint density at radius 2 is 2.44 bits per heavy atom. The first kappa shape index (κ1) is 11.2. The van der Waals surface area contributed by atoms with Gasteiger partial charge in [-0.25, -0.2) is 4.98 Å². The lowest BCUT2D eigenvalue weighted by molar-refractivity contribution is -0.116. The van der Waals surface area contributed by atoms with E-state index < -0.39 is 0 Å². The third-order valence-electron chi connectivity index (χ3n) is 2.92. The molecule has 2 aromatic rings. The molecular formula is C12H12N4OS. The van der Waals surface area contributed by atoms with E-state index in [1.54, 1.807) is 17.5 Å². The van der Waals surface area contributed by atoms with Gasteiger partial charge < -0.3 is 10.6 Å². The van der Waals surface area contributed by atoms with Crippen molar-refractivity contribution in [1.82, 2.24) is 9.97 Å². The summed E-state index contributed by atoms with van der Waals surface area (Å²) in [5.74, 6) is 0.737. The lowest BCUT2D eigenvalue weighted by Gasteiger charge is -2.21. The van der Waals surface area contributed by atoms with Crippen LogP contribution in [0.4, 0.5) is 10.9 Å². The predicted molar refractivity (Wildman–Crippen MR) is 71.0 cm³/mol. The van der Waals surface area contributed by atoms with Crippen molar-refractivity contribution in [3.63, 3.8) is 0 Å². The number of hydrogen-bond acceptors (Lipinski definition) is 5. The van der Waals surface area contributed by atoms with Gasteiger partial charge in [-0.05, 0) is 11.6 Å². The van der Waals surface area contributed by atoms with Crippen LogP contribution < -0.4 is 10.6 Å². The molecule has 0 unspecified atom stereocenters. The average Bonchev–Trinajstić information content (AvgIpc) is 2.81. The molecule has 2 aromatic heterocycles. The van der Waals surface area contributed by atoms with Gasteiger partial charge in [-0.15, -0.1) is 0 Å². The fourth-order valence-electron chi connectivity index (χ4n) is 2.08. The van der Waals surface area contributed by atoms with Crippen LogP contribution in [0.25, 0.3) is 0 Å². The molecule has 0 fully saturated rings. The minimum Gasteiger partial charge on any atom is -0.365 e. The molecule has 0 aliphatic carbocycles. The van der Waals surface area contributed by atoms with Crippen LogP contribution in [0.5, 0.6) is 0 Å². The van der Waals surface area contributed by atoms with Crippen LogP contribution in [0, 0.1) is 0 Å². The Balaban J connectivity index is 2.07. The maximum absolute atomic E-state index is 11.7. The molecule has 6 heteroatoms. The molecule has 18 heavy (non-hydrogen) atoms. The van der Waals surface area contributed by atoms with E-state index in [0.29, 0.717) is 12.2 Å². The van der Waals surface area contributed by atoms with Crippen molar-refractivity contribution in [2.24, 2.45) is 0 Å². The second kappa shape index (κ2) is 4.38. The highest BCUT2D eigenvalue weighted by Crippen LogP contribution is 2.41. The number of fused-ring (bicyclic) bond motifs is 1. The number of rotatable bonds is 2. The molecule has 2 N–H and O–H groups in total. The first-order valence-corrected chi connectivity index (χ1v) is 6.48. The van der Waals surface area contributed by atoms with Crippen LogP contribution in [-0.4, -0.2) is 22.9 Å². The van der Waals surface area contributed by atoms with E-state index in [4.69, 9.17) is 0 Å². The van der Waals surface area contributed by atoms with Gasteiger partial charge in [0, 0.05) is 31.8 Å². The molecule has 0 bridgehead atoms. The van der Waals surface area contributed by atoms with Gasteiger partial charge in [0.2, 0.25) is 5.91 Å². The normalized spacial score (nSPS) is 18.1. The zero-order valence-electron chi connectivity index (χ0n) is 9.80. The monoisotopic (exact) mass is 260 g/mol. The summed E-state index contributed by atoms with van der Waals surface area (Å²) in [5, 5.41) is 6.64. The van der Waals surface area contributed by atoms with Gasteiger partial charge in [0.1, 0.15) is 5.82 Å². The number of amides is 1. The molecule has 1 aliphatic rings. The number of nitrogens with zero attached hydrogens (tertiary/aromatic N) is 2. The topological polar surface area (TPSA) is 66.9 Å². The van der Waals surface area contributed by atoms with Crippen molar-refractivity contribution in [2.45, 2.75) is 12.3 Å². The summed E-state index contributed by atoms with van der Waals surface area (Å²) in [7, 11) is 1.82. The van der Waals surface area contributed by atoms with E-state index in [1.807, 2.05) is 25.4 Å². The molecule has 0 spiro atoms. The largest absolute Gasteiger partial charge is 0.365 e. The van der Waals surface area contributed by atoms with Crippen LogP contribution in [0.1, 0.15) is 22.8 Å². The highest BCUT2D eigenvalue weighted by molar-refractivity contribution is 7.16. The van der Waals surface area contributed by atoms with Crippen LogP contribution in [0.15, 0.2) is 24.5 Å². The average molecular weight is 260 g/mol. The standard InChI is InChI=1S/C12H12N4OS/c1-13-12-16-11-10(18-12)8(5-9(17)15-11)7-3-2-4-14-6-7/h2-4,6,8H,5H2,1H3,(H,13,16)(H,15,17)/t8-/m0/s1. The van der Waals surface area contributed by atoms with E-state index in [9.17, 15) is 4.79 Å². The summed E-state index contributed by atoms with van der Waals surface area (Å²) in [6, 6.07) is 3.89. The molecule has 0 aromatic carbocycles. The van der Waals surface area contributed by atoms with Gasteiger partial charge in [0.25, 0.3) is 0 Å². The molecule has 1 aliphatic heterocycles. The number of aromatic nitrogens is 2. The van der Waals surface area contributed by atoms with Crippen molar-refractivity contribution in [1.29, 1.82) is 0 Å². The molecule has 5 nitrogen and oxygen atoms in total. The Morgan fingerprint density at radius 1 is 1.56 bits per heavy atom. The van der Waals surface area contributed by atoms with Gasteiger partial charge in [-0.3, -0.25) is 9.78 Å². The van der Waals surface area contributed by atoms with Crippen LogP contribution in [0.2, 0.25) is 0 Å². The molecule has 1 atom stereocenters. The van der Waals surface area contributed by atoms with Crippen molar-refractivity contribution in [3.8, 4) is 0 Å². The SMILES string of the molecule is CNc1nc2c(s1)[C@H](c1cccnc1)CC(=O)N2. The molecule has 3 heterocycles. The van der Waals surface area contributed by atoms with Crippen molar-refractivity contribution >= 4 is 28.2 Å². The summed E-state index contributed by atoms with van der Waals surface area (Å²) in [6.45, 7) is 0. The molecule has 3 rings (SSSR count). The fraction of sp³-hybridized carbons (Fsp3) is 0.250. The molecule has 92 valence electrons. The van der Waals surface area contributed by atoms with E-state index in [2.05, 4.69) is 20.6 Å². The van der Waals surface area contributed by atoms with Crippen LogP contribution >= 0.6 is 11.3 Å². The zero-order chi connectivity index (χ0) is 12.5. The van der Waals surface area contributed by atoms with Gasteiger partial charge >= 0.3 is 0 Å². The molecule has 0 saturated carbocycles. The second-order valence-electron chi connectivity index (χ2n) is 4.07. The Labute approximate surface area is 108 Å². The van der Waals surface area contributed by atoms with Crippen LogP contribution in [0.3, 0.4) is 0 Å². The number of anilines is 2. The first-order chi connectivity index (χ1) is 8.78. The van der Waals surface area contributed by atoms with Gasteiger partial charge in [-0.2, -0.15) is 0 Å². The van der Waals surface area contributed by atoms with Gasteiger partial charge in [0.05, 0.1) is 4.88 Å². The minimum absolute atomic E-state index is 0.00399. The quantitative estimate of drug-likeness (QED) is 0.867. The Bertz CT molecular complexity index is 581. The fourth-order valence-corrected chi connectivity index (χ4v) is 3.08. The number of hydrogen-bond donors (Lipinski definition) is 2. The number of pyridine rings is 1. The molecule has 0 saturated heterocycles. The van der Waals surface area contributed by atoms with E-state index in [1.165, 1.54) is 0 Å². The van der Waals surface area contributed by atoms with Crippen molar-refractivity contribution in [2.75, 3.05) is 17.7 Å². The van der Waals surface area contributed by atoms with Crippen LogP contribution in [-0.2, 0) is 4.79 Å². The maximum atomic E-state index is 11.7. The lowest BCUT2D eigenvalue weighted by atomic mass is 9.93. The third-order valence-corrected chi connectivity index (χ3v) is 4.10. The smallest absolute Gasteiger partial charge is 0.226 e. The first-order valence-electron chi connectivity index (χ1n) is 5.66. The summed E-state index contributed by atoms with van der Waals surface area (Å²) < 4.78 is 0. The Kier molecular flexibility index (Phi) is 2.71. The Morgan fingerprint density at radius 3 is 3.17 bits per heavy atom. The van der Waals surface area contributed by atoms with E-state index >= 15 is 0 Å². The number of thiazole rings is 1. The molecule has 0 radical (unpaired) electrons. The zero-order valence-corrected chi connectivity index (χ0v) is 10.6. The predicted octanol–water partition coefficient (Wildman–Crippen LogP) is 2.05. The van der Waals surface area contributed by atoms with Crippen molar-refractivity contribution in [3.05, 3.63) is 35.0 Å². The highest BCUT2D eigenvalue weighted by atomic mass is 32.1. The summed E-state index contributed by atoms with van der Waals surface area (Å²) in [5.41, 5.74) is 1.06. The van der Waals surface area contributed by atoms with Gasteiger partial charge in [-0.1, -0.05) is 17.4 Å². The van der Waals surface area contributed by atoms with E-state index in [-0.39, 0.29) is 11.8 Å². The second-order valence-corrected chi connectivity index (χ2v) is 5.10. The molecule has 1 amide bonds. The number of carbonyl (C=O) groups is 1. The van der Waals surface area contributed by atoms with E-state index in [0.717, 1.165) is 15.6 Å². The lowest BCUT2D eigenvalue weighted by Crippen LogP contribution is -2.22. The minimum atomic E-state index is 0.00399.